The number of nitrogens with one attached hydrogen (secondary N) is 1. The first-order chi connectivity index (χ1) is 15.8. The van der Waals surface area contributed by atoms with E-state index in [1.807, 2.05) is 31.2 Å². The van der Waals surface area contributed by atoms with Gasteiger partial charge in [-0.25, -0.2) is 4.79 Å². The molecule has 0 bridgehead atoms. The van der Waals surface area contributed by atoms with Crippen molar-refractivity contribution in [3.05, 3.63) is 46.0 Å². The smallest absolute Gasteiger partial charge is 0.336 e. The van der Waals surface area contributed by atoms with Gasteiger partial charge < -0.3 is 10.1 Å². The molecule has 1 aromatic carbocycles. The molecule has 182 valence electrons. The zero-order valence-corrected chi connectivity index (χ0v) is 21.7. The van der Waals surface area contributed by atoms with Gasteiger partial charge in [-0.05, 0) is 42.9 Å². The van der Waals surface area contributed by atoms with Crippen molar-refractivity contribution < 1.29 is 14.3 Å². The monoisotopic (exact) mass is 471 g/mol. The predicted octanol–water partition coefficient (Wildman–Crippen LogP) is 7.13. The van der Waals surface area contributed by atoms with Gasteiger partial charge in [-0.2, -0.15) is 0 Å². The van der Waals surface area contributed by atoms with Crippen LogP contribution in [0.1, 0.15) is 108 Å². The van der Waals surface area contributed by atoms with Gasteiger partial charge in [0.25, 0.3) is 5.91 Å². The molecule has 0 saturated heterocycles. The van der Waals surface area contributed by atoms with Gasteiger partial charge >= 0.3 is 5.97 Å². The number of ether oxygens (including phenoxy) is 1. The average Bonchev–Trinajstić information content (AvgIpc) is 3.10. The number of rotatable bonds is 4. The molecule has 1 aromatic rings. The van der Waals surface area contributed by atoms with Crippen LogP contribution in [0.25, 0.3) is 0 Å². The molecule has 1 saturated carbocycles. The summed E-state index contributed by atoms with van der Waals surface area (Å²) in [5.41, 5.74) is 2.55. The highest BCUT2D eigenvalue weighted by Crippen LogP contribution is 2.46. The number of esters is 1. The summed E-state index contributed by atoms with van der Waals surface area (Å²) in [6, 6.07) is 7.80. The van der Waals surface area contributed by atoms with Gasteiger partial charge in [0.1, 0.15) is 0 Å². The summed E-state index contributed by atoms with van der Waals surface area (Å²) in [5.74, 6) is -0.257. The molecule has 1 amide bonds. The molecule has 1 aliphatic carbocycles. The van der Waals surface area contributed by atoms with Crippen LogP contribution in [0.3, 0.4) is 0 Å². The normalized spacial score (nSPS) is 22.7. The van der Waals surface area contributed by atoms with Gasteiger partial charge in [0.05, 0.1) is 17.2 Å². The number of hydrogen-bond acceptors (Lipinski definition) is 4. The molecule has 5 heteroatoms. The Balaban J connectivity index is 1.82. The molecule has 1 fully saturated rings. The van der Waals surface area contributed by atoms with E-state index in [2.05, 4.69) is 26.1 Å². The van der Waals surface area contributed by atoms with Crippen molar-refractivity contribution in [1.82, 2.24) is 5.32 Å². The number of fused-ring (bicyclic) bond motifs is 1. The second-order valence-electron chi connectivity index (χ2n) is 10.4. The summed E-state index contributed by atoms with van der Waals surface area (Å²) in [5, 5.41) is 4.15. The number of benzene rings is 1. The molecule has 1 N–H and O–H groups in total. The van der Waals surface area contributed by atoms with Crippen molar-refractivity contribution in [3.63, 3.8) is 0 Å². The molecule has 0 spiro atoms. The maximum atomic E-state index is 13.1. The van der Waals surface area contributed by atoms with E-state index in [9.17, 15) is 9.59 Å². The lowest BCUT2D eigenvalue weighted by Crippen LogP contribution is -2.25. The third-order valence-electron chi connectivity index (χ3n) is 6.82. The average molecular weight is 472 g/mol. The number of carbonyl (C=O) groups is 2. The predicted molar refractivity (Wildman–Crippen MR) is 137 cm³/mol. The van der Waals surface area contributed by atoms with Crippen LogP contribution < -0.4 is 5.32 Å². The third-order valence-corrected chi connectivity index (χ3v) is 8.25. The summed E-state index contributed by atoms with van der Waals surface area (Å²) >= 11 is 1.68. The zero-order valence-electron chi connectivity index (χ0n) is 20.9. The van der Waals surface area contributed by atoms with E-state index in [-0.39, 0.29) is 23.2 Å². The first kappa shape index (κ1) is 25.9. The quantitative estimate of drug-likeness (QED) is 0.474. The highest BCUT2D eigenvalue weighted by Gasteiger charge is 2.40. The lowest BCUT2D eigenvalue weighted by atomic mass is 9.86. The zero-order chi connectivity index (χ0) is 23.8. The Labute approximate surface area is 204 Å². The maximum Gasteiger partial charge on any atom is 0.336 e. The Kier molecular flexibility index (Phi) is 9.48. The van der Waals surface area contributed by atoms with E-state index in [0.29, 0.717) is 28.0 Å². The summed E-state index contributed by atoms with van der Waals surface area (Å²) in [6.45, 7) is 8.67. The van der Waals surface area contributed by atoms with E-state index in [4.69, 9.17) is 4.74 Å². The van der Waals surface area contributed by atoms with Crippen molar-refractivity contribution in [1.29, 1.82) is 0 Å². The molecule has 2 atom stereocenters. The molecule has 33 heavy (non-hydrogen) atoms. The van der Waals surface area contributed by atoms with E-state index >= 15 is 0 Å². The van der Waals surface area contributed by atoms with Crippen molar-refractivity contribution >= 4 is 23.6 Å². The van der Waals surface area contributed by atoms with Crippen LogP contribution >= 0.6 is 11.8 Å². The van der Waals surface area contributed by atoms with Crippen LogP contribution in [0.4, 0.5) is 0 Å². The van der Waals surface area contributed by atoms with E-state index in [1.54, 1.807) is 11.8 Å². The topological polar surface area (TPSA) is 55.4 Å². The minimum Gasteiger partial charge on any atom is -0.463 e. The largest absolute Gasteiger partial charge is 0.463 e. The second kappa shape index (κ2) is 12.1. The lowest BCUT2D eigenvalue weighted by Gasteiger charge is -2.21. The maximum absolute atomic E-state index is 13.1. The summed E-state index contributed by atoms with van der Waals surface area (Å²) in [6.07, 6.45) is 12.1. The highest BCUT2D eigenvalue weighted by atomic mass is 32.2. The molecule has 4 nitrogen and oxygen atoms in total. The summed E-state index contributed by atoms with van der Waals surface area (Å²) in [7, 11) is 0. The molecule has 3 rings (SSSR count). The van der Waals surface area contributed by atoms with E-state index in [0.717, 1.165) is 19.3 Å². The van der Waals surface area contributed by atoms with E-state index in [1.165, 1.54) is 50.5 Å². The van der Waals surface area contributed by atoms with Crippen LogP contribution in [-0.4, -0.2) is 23.7 Å². The molecule has 1 aliphatic heterocycles. The van der Waals surface area contributed by atoms with Gasteiger partial charge in [-0.1, -0.05) is 84.3 Å². The first-order valence-electron chi connectivity index (χ1n) is 12.8. The number of amides is 1. The fourth-order valence-electron chi connectivity index (χ4n) is 4.86. The van der Waals surface area contributed by atoms with Gasteiger partial charge in [0.15, 0.2) is 0 Å². The Hall–Kier alpha value is -1.75. The Morgan fingerprint density at radius 2 is 1.52 bits per heavy atom. The number of carbonyl (C=O) groups excluding carboxylic acids is 2. The fourth-order valence-corrected chi connectivity index (χ4v) is 6.40. The number of hydrogen-bond donors (Lipinski definition) is 1. The molecular weight excluding hydrogens is 430 g/mol. The van der Waals surface area contributed by atoms with Crippen LogP contribution in [0, 0.1) is 5.92 Å². The standard InChI is InChI=1S/C28H41NO3S/c1-5-32-27(31)24-22-14-12-10-8-6-7-9-11-13-15-23(22)33-26(24)29-25(30)20-16-18-21(19-17-20)28(2,3)4/h16-19,22-23H,5-15H2,1-4H3,(H,29,30)/t22-,23+/m0/s1. The van der Waals surface area contributed by atoms with Crippen molar-refractivity contribution in [2.45, 2.75) is 103 Å². The Bertz CT molecular complexity index is 838. The second-order valence-corrected chi connectivity index (χ2v) is 11.7. The van der Waals surface area contributed by atoms with Crippen molar-refractivity contribution in [2.24, 2.45) is 5.92 Å². The summed E-state index contributed by atoms with van der Waals surface area (Å²) < 4.78 is 5.46. The molecule has 0 aromatic heterocycles. The van der Waals surface area contributed by atoms with Crippen molar-refractivity contribution in [3.8, 4) is 0 Å². The van der Waals surface area contributed by atoms with Gasteiger partial charge in [0, 0.05) is 16.7 Å². The van der Waals surface area contributed by atoms with Crippen LogP contribution in [0.15, 0.2) is 34.9 Å². The molecule has 0 radical (unpaired) electrons. The third kappa shape index (κ3) is 7.11. The SMILES string of the molecule is CCOC(=O)C1=C(NC(=O)c2ccc(C(C)(C)C)cc2)S[C@@H]2CCCCCCCCCC[C@H]12. The highest BCUT2D eigenvalue weighted by molar-refractivity contribution is 8.04. The first-order valence-corrected chi connectivity index (χ1v) is 13.7. The fraction of sp³-hybridized carbons (Fsp3) is 0.643. The number of thioether (sulfide) groups is 1. The Morgan fingerprint density at radius 3 is 2.09 bits per heavy atom. The van der Waals surface area contributed by atoms with Gasteiger partial charge in [-0.3, -0.25) is 4.79 Å². The van der Waals surface area contributed by atoms with Crippen molar-refractivity contribution in [2.75, 3.05) is 6.61 Å². The van der Waals surface area contributed by atoms with Crippen LogP contribution in [-0.2, 0) is 14.9 Å². The lowest BCUT2D eigenvalue weighted by molar-refractivity contribution is -0.139. The summed E-state index contributed by atoms with van der Waals surface area (Å²) in [4.78, 5) is 26.1. The van der Waals surface area contributed by atoms with Gasteiger partial charge in [0.2, 0.25) is 0 Å². The molecule has 0 unspecified atom stereocenters. The van der Waals surface area contributed by atoms with Crippen LogP contribution in [0.5, 0.6) is 0 Å². The molecule has 1 heterocycles. The van der Waals surface area contributed by atoms with E-state index < -0.39 is 0 Å². The Morgan fingerprint density at radius 1 is 0.939 bits per heavy atom. The molecule has 2 aliphatic rings. The minimum atomic E-state index is -0.261. The van der Waals surface area contributed by atoms with Crippen LogP contribution in [0.2, 0.25) is 0 Å². The molecular formula is C28H41NO3S. The van der Waals surface area contributed by atoms with Gasteiger partial charge in [-0.15, -0.1) is 11.8 Å². The minimum absolute atomic E-state index is 0.0395.